The first-order valence-electron chi connectivity index (χ1n) is 6.63. The number of hydrogen-bond acceptors (Lipinski definition) is 4. The minimum atomic E-state index is 0.0815. The molecule has 19 heavy (non-hydrogen) atoms. The number of rotatable bonds is 5. The number of carbonyl (C=O) groups is 1. The lowest BCUT2D eigenvalue weighted by atomic mass is 10.1. The van der Waals surface area contributed by atoms with Gasteiger partial charge in [-0.1, -0.05) is 0 Å². The van der Waals surface area contributed by atoms with E-state index >= 15 is 0 Å². The van der Waals surface area contributed by atoms with Crippen LogP contribution < -0.4 is 0 Å². The van der Waals surface area contributed by atoms with Gasteiger partial charge in [0.2, 0.25) is 5.91 Å². The van der Waals surface area contributed by atoms with Gasteiger partial charge in [-0.25, -0.2) is 0 Å². The molecule has 1 atom stereocenters. The zero-order valence-corrected chi connectivity index (χ0v) is 11.9. The summed E-state index contributed by atoms with van der Waals surface area (Å²) in [6.07, 6.45) is 2.00. The molecule has 106 valence electrons. The van der Waals surface area contributed by atoms with Crippen molar-refractivity contribution in [2.45, 2.75) is 25.5 Å². The van der Waals surface area contributed by atoms with Crippen LogP contribution in [0, 0.1) is 0 Å². The molecule has 1 amide bonds. The highest BCUT2D eigenvalue weighted by Gasteiger charge is 2.32. The molecule has 0 bridgehead atoms. The fraction of sp³-hybridized carbons (Fsp3) is 0.643. The Hall–Kier alpha value is -1.33. The molecule has 0 spiro atoms. The highest BCUT2D eigenvalue weighted by atomic mass is 16.5. The lowest BCUT2D eigenvalue weighted by Gasteiger charge is -2.24. The van der Waals surface area contributed by atoms with Gasteiger partial charge < -0.3 is 19.0 Å². The summed E-state index contributed by atoms with van der Waals surface area (Å²) in [4.78, 5) is 16.0. The van der Waals surface area contributed by atoms with Gasteiger partial charge in [-0.15, -0.1) is 0 Å². The van der Waals surface area contributed by atoms with Gasteiger partial charge in [0.05, 0.1) is 12.6 Å². The van der Waals surface area contributed by atoms with Crippen LogP contribution in [0.1, 0.15) is 30.4 Å². The van der Waals surface area contributed by atoms with Crippen LogP contribution in [-0.2, 0) is 16.1 Å². The Bertz CT molecular complexity index is 428. The number of ether oxygens (including phenoxy) is 1. The number of likely N-dealkylation sites (N-methyl/N-ethyl adjacent to an activating group) is 1. The SMILES string of the molecule is COCc1ccc([C@@H]2CCCN2C(=O)CN(C)C)o1. The lowest BCUT2D eigenvalue weighted by molar-refractivity contribution is -0.133. The Kier molecular flexibility index (Phi) is 4.61. The summed E-state index contributed by atoms with van der Waals surface area (Å²) in [7, 11) is 5.46. The van der Waals surface area contributed by atoms with Gasteiger partial charge in [-0.2, -0.15) is 0 Å². The minimum Gasteiger partial charge on any atom is -0.461 e. The van der Waals surface area contributed by atoms with Crippen LogP contribution in [0.3, 0.4) is 0 Å². The zero-order valence-electron chi connectivity index (χ0n) is 11.9. The number of nitrogens with zero attached hydrogens (tertiary/aromatic N) is 2. The van der Waals surface area contributed by atoms with Crippen molar-refractivity contribution in [1.29, 1.82) is 0 Å². The third-order valence-corrected chi connectivity index (χ3v) is 3.32. The fourth-order valence-electron chi connectivity index (χ4n) is 2.52. The average Bonchev–Trinajstić information content (AvgIpc) is 2.95. The molecule has 5 nitrogen and oxygen atoms in total. The first-order valence-corrected chi connectivity index (χ1v) is 6.63. The van der Waals surface area contributed by atoms with E-state index in [1.54, 1.807) is 7.11 Å². The quantitative estimate of drug-likeness (QED) is 0.813. The van der Waals surface area contributed by atoms with E-state index in [0.29, 0.717) is 13.2 Å². The second-order valence-electron chi connectivity index (χ2n) is 5.22. The maximum atomic E-state index is 12.2. The molecule has 0 saturated carbocycles. The van der Waals surface area contributed by atoms with E-state index in [0.717, 1.165) is 30.9 Å². The Morgan fingerprint density at radius 3 is 3.00 bits per heavy atom. The normalized spacial score (nSPS) is 19.4. The Morgan fingerprint density at radius 2 is 2.32 bits per heavy atom. The van der Waals surface area contributed by atoms with Gasteiger partial charge in [-0.3, -0.25) is 4.79 Å². The first kappa shape index (κ1) is 14.1. The van der Waals surface area contributed by atoms with Crippen LogP contribution >= 0.6 is 0 Å². The lowest BCUT2D eigenvalue weighted by Crippen LogP contribution is -2.37. The Morgan fingerprint density at radius 1 is 1.53 bits per heavy atom. The second-order valence-corrected chi connectivity index (χ2v) is 5.22. The average molecular weight is 266 g/mol. The summed E-state index contributed by atoms with van der Waals surface area (Å²) in [5.41, 5.74) is 0. The zero-order chi connectivity index (χ0) is 13.8. The van der Waals surface area contributed by atoms with Crippen LogP contribution in [0.2, 0.25) is 0 Å². The number of likely N-dealkylation sites (tertiary alicyclic amines) is 1. The fourth-order valence-corrected chi connectivity index (χ4v) is 2.52. The Balaban J connectivity index is 2.06. The maximum Gasteiger partial charge on any atom is 0.237 e. The van der Waals surface area contributed by atoms with Crippen molar-refractivity contribution in [1.82, 2.24) is 9.80 Å². The number of furan rings is 1. The predicted molar refractivity (Wildman–Crippen MR) is 71.7 cm³/mol. The molecule has 1 aromatic heterocycles. The van der Waals surface area contributed by atoms with Crippen LogP contribution in [0.15, 0.2) is 16.5 Å². The van der Waals surface area contributed by atoms with Crippen LogP contribution in [0.25, 0.3) is 0 Å². The standard InChI is InChI=1S/C14H22N2O3/c1-15(2)9-14(17)16-8-4-5-12(16)13-7-6-11(19-13)10-18-3/h6-7,12H,4-5,8-10H2,1-3H3/t12-/m0/s1. The molecule has 1 aromatic rings. The molecule has 0 radical (unpaired) electrons. The molecule has 2 rings (SSSR count). The number of carbonyl (C=O) groups excluding carboxylic acids is 1. The third-order valence-electron chi connectivity index (χ3n) is 3.32. The molecule has 5 heteroatoms. The first-order chi connectivity index (χ1) is 9.11. The van der Waals surface area contributed by atoms with Gasteiger partial charge in [0.1, 0.15) is 18.1 Å². The molecule has 0 unspecified atom stereocenters. The molecule has 1 saturated heterocycles. The Labute approximate surface area is 114 Å². The third kappa shape index (κ3) is 3.36. The van der Waals surface area contributed by atoms with Crippen molar-refractivity contribution < 1.29 is 13.9 Å². The molecule has 2 heterocycles. The van der Waals surface area contributed by atoms with Gasteiger partial charge >= 0.3 is 0 Å². The van der Waals surface area contributed by atoms with E-state index in [1.807, 2.05) is 36.0 Å². The number of methoxy groups -OCH3 is 1. The molecule has 1 aliphatic heterocycles. The number of amides is 1. The number of hydrogen-bond donors (Lipinski definition) is 0. The van der Waals surface area contributed by atoms with Gasteiger partial charge in [-0.05, 0) is 39.1 Å². The van der Waals surface area contributed by atoms with E-state index in [4.69, 9.17) is 9.15 Å². The molecular weight excluding hydrogens is 244 g/mol. The van der Waals surface area contributed by atoms with Crippen LogP contribution in [0.4, 0.5) is 0 Å². The molecule has 1 fully saturated rings. The maximum absolute atomic E-state index is 12.2. The molecule has 0 N–H and O–H groups in total. The van der Waals surface area contributed by atoms with Crippen molar-refractivity contribution >= 4 is 5.91 Å². The molecule has 1 aliphatic rings. The molecular formula is C14H22N2O3. The van der Waals surface area contributed by atoms with Gasteiger partial charge in [0.25, 0.3) is 0 Å². The summed E-state index contributed by atoms with van der Waals surface area (Å²) in [5, 5.41) is 0. The summed E-state index contributed by atoms with van der Waals surface area (Å²) in [6, 6.07) is 3.96. The summed E-state index contributed by atoms with van der Waals surface area (Å²) in [5.74, 6) is 1.85. The van der Waals surface area contributed by atoms with E-state index in [2.05, 4.69) is 0 Å². The van der Waals surface area contributed by atoms with Gasteiger partial charge in [0, 0.05) is 13.7 Å². The van der Waals surface area contributed by atoms with Gasteiger partial charge in [0.15, 0.2) is 0 Å². The summed E-state index contributed by atoms with van der Waals surface area (Å²) >= 11 is 0. The summed E-state index contributed by atoms with van der Waals surface area (Å²) < 4.78 is 10.8. The van der Waals surface area contributed by atoms with Crippen molar-refractivity contribution in [2.75, 3.05) is 34.3 Å². The van der Waals surface area contributed by atoms with E-state index < -0.39 is 0 Å². The van der Waals surface area contributed by atoms with Crippen LogP contribution in [-0.4, -0.2) is 50.0 Å². The van der Waals surface area contributed by atoms with Crippen LogP contribution in [0.5, 0.6) is 0 Å². The molecule has 0 aliphatic carbocycles. The highest BCUT2D eigenvalue weighted by molar-refractivity contribution is 5.79. The van der Waals surface area contributed by atoms with E-state index in [9.17, 15) is 4.79 Å². The van der Waals surface area contributed by atoms with E-state index in [1.165, 1.54) is 0 Å². The largest absolute Gasteiger partial charge is 0.461 e. The minimum absolute atomic E-state index is 0.0815. The second kappa shape index (κ2) is 6.21. The highest BCUT2D eigenvalue weighted by Crippen LogP contribution is 2.33. The van der Waals surface area contributed by atoms with Crippen molar-refractivity contribution in [3.05, 3.63) is 23.7 Å². The van der Waals surface area contributed by atoms with Crippen molar-refractivity contribution in [3.8, 4) is 0 Å². The smallest absolute Gasteiger partial charge is 0.237 e. The van der Waals surface area contributed by atoms with Crippen molar-refractivity contribution in [2.24, 2.45) is 0 Å². The monoisotopic (exact) mass is 266 g/mol. The molecule has 0 aromatic carbocycles. The van der Waals surface area contributed by atoms with E-state index in [-0.39, 0.29) is 11.9 Å². The topological polar surface area (TPSA) is 45.9 Å². The summed E-state index contributed by atoms with van der Waals surface area (Å²) in [6.45, 7) is 1.73. The predicted octanol–water partition coefficient (Wildman–Crippen LogP) is 1.65. The van der Waals surface area contributed by atoms with Crippen molar-refractivity contribution in [3.63, 3.8) is 0 Å².